The van der Waals surface area contributed by atoms with Gasteiger partial charge in [-0.3, -0.25) is 14.4 Å². The van der Waals surface area contributed by atoms with Gasteiger partial charge >= 0.3 is 6.09 Å². The first-order valence-electron chi connectivity index (χ1n) is 19.2. The summed E-state index contributed by atoms with van der Waals surface area (Å²) in [7, 11) is 4.50. The number of aryl methyl sites for hydroxylation is 1. The molecule has 1 aliphatic rings. The molecule has 1 aliphatic heterocycles. The summed E-state index contributed by atoms with van der Waals surface area (Å²) >= 11 is 0. The number of methoxy groups -OCH3 is 2. The minimum Gasteiger partial charge on any atom is -0.453 e. The Morgan fingerprint density at radius 2 is 1.53 bits per heavy atom. The monoisotopic (exact) mass is 778 g/mol. The average Bonchev–Trinajstić information content (AvgIpc) is 3.98. The summed E-state index contributed by atoms with van der Waals surface area (Å²) < 4.78 is 8.94. The summed E-state index contributed by atoms with van der Waals surface area (Å²) in [6.45, 7) is 5.33. The predicted octanol–water partition coefficient (Wildman–Crippen LogP) is 6.05. The van der Waals surface area contributed by atoms with Gasteiger partial charge in [-0.1, -0.05) is 56.7 Å². The summed E-state index contributed by atoms with van der Waals surface area (Å²) in [5.74, 6) is 3.62. The van der Waals surface area contributed by atoms with Crippen LogP contribution in [-0.4, -0.2) is 96.2 Å². The number of hydrogen-bond donors (Lipinski definition) is 5. The zero-order chi connectivity index (χ0) is 41.2. The van der Waals surface area contributed by atoms with Gasteiger partial charge in [-0.2, -0.15) is 0 Å². The third kappa shape index (κ3) is 12.1. The molecule has 14 heteroatoms. The molecule has 0 aliphatic carbocycles. The Morgan fingerprint density at radius 3 is 2.12 bits per heavy atom. The van der Waals surface area contributed by atoms with Crippen LogP contribution in [0.1, 0.15) is 70.1 Å². The van der Waals surface area contributed by atoms with Crippen LogP contribution in [0.3, 0.4) is 0 Å². The Bertz CT molecular complexity index is 2120. The summed E-state index contributed by atoms with van der Waals surface area (Å²) in [6, 6.07) is 19.6. The van der Waals surface area contributed by atoms with Crippen LogP contribution < -0.4 is 16.0 Å². The number of H-pyrrole nitrogens is 2. The number of carbonyl (C=O) groups excluding carboxylic acids is 4. The Morgan fingerprint density at radius 1 is 0.930 bits per heavy atom. The molecule has 0 radical (unpaired) electrons. The van der Waals surface area contributed by atoms with Crippen molar-refractivity contribution in [2.24, 2.45) is 0 Å². The molecule has 3 heterocycles. The molecule has 1 saturated heterocycles. The lowest BCUT2D eigenvalue weighted by atomic mass is 10.00. The number of hydrogen-bond acceptors (Lipinski definition) is 8. The number of alkyl carbamates (subject to hydrolysis) is 1. The molecule has 57 heavy (non-hydrogen) atoms. The van der Waals surface area contributed by atoms with Crippen molar-refractivity contribution in [2.45, 2.75) is 70.9 Å². The number of likely N-dealkylation sites (tertiary alicyclic amines) is 1. The fourth-order valence-corrected chi connectivity index (χ4v) is 6.46. The van der Waals surface area contributed by atoms with Crippen molar-refractivity contribution in [1.82, 2.24) is 40.8 Å². The second-order valence-electron chi connectivity index (χ2n) is 13.6. The summed E-state index contributed by atoms with van der Waals surface area (Å²) in [6.07, 6.45) is 10.6. The van der Waals surface area contributed by atoms with Gasteiger partial charge in [0.15, 0.2) is 0 Å². The number of fused-ring (bicyclic) bond motifs is 2. The SMILES string of the molecule is C#CCC(NC(=O)OC)C(=O)N1CCCC1c1nc2ccc(-c3ccc(-c4ccc5nc(CCCCNC(=O)CNC=O)[nH]c5c4)cc3)cc2[nH]1.CCC.COC. The zero-order valence-electron chi connectivity index (χ0n) is 33.4. The van der Waals surface area contributed by atoms with Crippen LogP contribution in [0.2, 0.25) is 0 Å². The Balaban J connectivity index is 0.00000113. The van der Waals surface area contributed by atoms with Crippen LogP contribution >= 0.6 is 0 Å². The fraction of sp³-hybridized carbons (Fsp3) is 0.395. The van der Waals surface area contributed by atoms with E-state index in [0.29, 0.717) is 25.3 Å². The maximum absolute atomic E-state index is 13.4. The first kappa shape index (κ1) is 43.5. The van der Waals surface area contributed by atoms with Crippen LogP contribution in [0.4, 0.5) is 4.79 Å². The van der Waals surface area contributed by atoms with E-state index in [2.05, 4.69) is 97.6 Å². The maximum Gasteiger partial charge on any atom is 0.407 e. The topological polar surface area (TPSA) is 183 Å². The number of aromatic amines is 2. The number of imidazole rings is 2. The summed E-state index contributed by atoms with van der Waals surface area (Å²) in [5.41, 5.74) is 7.79. The van der Waals surface area contributed by atoms with Crippen molar-refractivity contribution in [1.29, 1.82) is 0 Å². The van der Waals surface area contributed by atoms with E-state index in [1.54, 1.807) is 19.1 Å². The number of ether oxygens (including phenoxy) is 2. The standard InChI is InChI=1S/C38H40N8O5.C3H8.C2H6O/c1-3-7-30(45-38(50)51-2)37(49)46-19-6-8-33(46)36-43-29-17-15-27(21-32(29)44-36)25-12-10-24(11-13-25)26-14-16-28-31(20-26)42-34(41-28)9-4-5-18-40-35(48)22-39-23-47;2*1-3-2/h1,10-17,20-21,23,30,33H,4-9,18-19,22H2,2H3,(H,39,47)(H,40,48)(H,41,42)(H,43,44)(H,45,50);3H2,1-2H3;1-2H3. The Hall–Kier alpha value is -6.20. The molecular weight excluding hydrogens is 725 g/mol. The molecule has 6 rings (SSSR count). The van der Waals surface area contributed by atoms with Gasteiger partial charge in [-0.05, 0) is 72.2 Å². The lowest BCUT2D eigenvalue weighted by Gasteiger charge is -2.27. The van der Waals surface area contributed by atoms with Crippen molar-refractivity contribution in [2.75, 3.05) is 41.0 Å². The molecule has 0 saturated carbocycles. The van der Waals surface area contributed by atoms with Crippen LogP contribution in [0.15, 0.2) is 60.7 Å². The Kier molecular flexibility index (Phi) is 17.1. The highest BCUT2D eigenvalue weighted by Crippen LogP contribution is 2.34. The number of benzene rings is 3. The van der Waals surface area contributed by atoms with E-state index in [1.165, 1.54) is 13.5 Å². The van der Waals surface area contributed by atoms with Crippen molar-refractivity contribution < 1.29 is 28.7 Å². The van der Waals surface area contributed by atoms with E-state index in [-0.39, 0.29) is 30.8 Å². The van der Waals surface area contributed by atoms with Crippen molar-refractivity contribution in [3.8, 4) is 34.6 Å². The van der Waals surface area contributed by atoms with Crippen LogP contribution in [0.25, 0.3) is 44.3 Å². The van der Waals surface area contributed by atoms with E-state index < -0.39 is 12.1 Å². The highest BCUT2D eigenvalue weighted by molar-refractivity contribution is 5.87. The highest BCUT2D eigenvalue weighted by atomic mass is 16.5. The van der Waals surface area contributed by atoms with Crippen LogP contribution in [0, 0.1) is 12.3 Å². The van der Waals surface area contributed by atoms with Gasteiger partial charge in [0.05, 0.1) is 41.8 Å². The quantitative estimate of drug-likeness (QED) is 0.0513. The minimum absolute atomic E-state index is 0.0121. The molecule has 5 aromatic rings. The molecule has 302 valence electrons. The number of carbonyl (C=O) groups is 4. The van der Waals surface area contributed by atoms with Crippen molar-refractivity contribution in [3.63, 3.8) is 0 Å². The third-order valence-corrected chi connectivity index (χ3v) is 9.04. The van der Waals surface area contributed by atoms with Gasteiger partial charge in [-0.15, -0.1) is 12.3 Å². The number of aromatic nitrogens is 4. The Labute approximate surface area is 333 Å². The van der Waals surface area contributed by atoms with Crippen LogP contribution in [0.5, 0.6) is 0 Å². The van der Waals surface area contributed by atoms with Gasteiger partial charge in [0.25, 0.3) is 0 Å². The number of terminal acetylenes is 1. The van der Waals surface area contributed by atoms with E-state index in [4.69, 9.17) is 16.4 Å². The fourth-order valence-electron chi connectivity index (χ4n) is 6.46. The van der Waals surface area contributed by atoms with E-state index in [9.17, 15) is 19.2 Å². The molecule has 14 nitrogen and oxygen atoms in total. The highest BCUT2D eigenvalue weighted by Gasteiger charge is 2.36. The summed E-state index contributed by atoms with van der Waals surface area (Å²) in [5, 5.41) is 7.69. The molecule has 0 bridgehead atoms. The molecule has 4 amide bonds. The molecule has 2 aromatic heterocycles. The van der Waals surface area contributed by atoms with Gasteiger partial charge in [0, 0.05) is 40.2 Å². The number of amides is 4. The molecule has 1 fully saturated rings. The van der Waals surface area contributed by atoms with Crippen molar-refractivity contribution >= 4 is 46.4 Å². The summed E-state index contributed by atoms with van der Waals surface area (Å²) in [4.78, 5) is 65.3. The molecule has 2 unspecified atom stereocenters. The largest absolute Gasteiger partial charge is 0.453 e. The molecule has 5 N–H and O–H groups in total. The lowest BCUT2D eigenvalue weighted by Crippen LogP contribution is -2.48. The van der Waals surface area contributed by atoms with E-state index in [0.717, 1.165) is 82.2 Å². The normalized spacial score (nSPS) is 13.7. The van der Waals surface area contributed by atoms with Gasteiger partial charge in [0.2, 0.25) is 18.2 Å². The number of unbranched alkanes of at least 4 members (excludes halogenated alkanes) is 1. The molecule has 2 atom stereocenters. The number of nitrogens with one attached hydrogen (secondary N) is 5. The van der Waals surface area contributed by atoms with Gasteiger partial charge in [0.1, 0.15) is 17.7 Å². The van der Waals surface area contributed by atoms with Gasteiger partial charge < -0.3 is 40.3 Å². The predicted molar refractivity (Wildman–Crippen MR) is 222 cm³/mol. The van der Waals surface area contributed by atoms with E-state index >= 15 is 0 Å². The van der Waals surface area contributed by atoms with Gasteiger partial charge in [-0.25, -0.2) is 14.8 Å². The third-order valence-electron chi connectivity index (χ3n) is 9.04. The number of nitrogens with zero attached hydrogens (tertiary/aromatic N) is 3. The maximum atomic E-state index is 13.4. The lowest BCUT2D eigenvalue weighted by molar-refractivity contribution is -0.134. The minimum atomic E-state index is -0.871. The van der Waals surface area contributed by atoms with E-state index in [1.807, 2.05) is 18.2 Å². The first-order chi connectivity index (χ1) is 27.7. The first-order valence-corrected chi connectivity index (χ1v) is 19.2. The average molecular weight is 779 g/mol. The number of rotatable bonds is 14. The zero-order valence-corrected chi connectivity index (χ0v) is 33.4. The molecular formula is C43H54N8O6. The molecule has 3 aromatic carbocycles. The smallest absolute Gasteiger partial charge is 0.407 e. The second kappa shape index (κ2) is 22.4. The van der Waals surface area contributed by atoms with Crippen molar-refractivity contribution in [3.05, 3.63) is 72.3 Å². The van der Waals surface area contributed by atoms with Crippen LogP contribution in [-0.2, 0) is 30.3 Å². The second-order valence-corrected chi connectivity index (χ2v) is 13.6. The molecule has 0 spiro atoms.